The van der Waals surface area contributed by atoms with Gasteiger partial charge in [-0.05, 0) is 49.4 Å². The Bertz CT molecular complexity index is 423. The zero-order chi connectivity index (χ0) is 14.4. The van der Waals surface area contributed by atoms with E-state index < -0.39 is 0 Å². The molecule has 0 aliphatic carbocycles. The topological polar surface area (TPSA) is 35.5 Å². The molecule has 1 aliphatic rings. The summed E-state index contributed by atoms with van der Waals surface area (Å²) in [5.74, 6) is 0.589. The summed E-state index contributed by atoms with van der Waals surface area (Å²) in [4.78, 5) is 2.36. The molecule has 0 amide bonds. The lowest BCUT2D eigenvalue weighted by molar-refractivity contribution is 0.244. The molecule has 2 N–H and O–H groups in total. The molecule has 20 heavy (non-hydrogen) atoms. The van der Waals surface area contributed by atoms with Gasteiger partial charge in [0, 0.05) is 26.2 Å². The highest BCUT2D eigenvalue weighted by molar-refractivity contribution is 6.33. The first-order valence-corrected chi connectivity index (χ1v) is 7.97. The van der Waals surface area contributed by atoms with Crippen LogP contribution in [0, 0.1) is 5.92 Å². The summed E-state index contributed by atoms with van der Waals surface area (Å²) < 4.78 is 0. The van der Waals surface area contributed by atoms with Crippen molar-refractivity contribution in [1.29, 1.82) is 0 Å². The van der Waals surface area contributed by atoms with E-state index in [4.69, 9.17) is 16.7 Å². The molecule has 1 aromatic rings. The van der Waals surface area contributed by atoms with E-state index in [0.717, 1.165) is 43.3 Å². The Kier molecular flexibility index (Phi) is 6.14. The molecule has 0 aromatic heterocycles. The largest absolute Gasteiger partial charge is 0.396 e. The second kappa shape index (κ2) is 7.87. The zero-order valence-corrected chi connectivity index (χ0v) is 13.0. The van der Waals surface area contributed by atoms with Gasteiger partial charge in [0.05, 0.1) is 10.7 Å². The van der Waals surface area contributed by atoms with Crippen LogP contribution in [0.4, 0.5) is 5.69 Å². The van der Waals surface area contributed by atoms with Gasteiger partial charge in [-0.3, -0.25) is 0 Å². The number of halogens is 1. The Labute approximate surface area is 126 Å². The minimum atomic E-state index is 0.286. The van der Waals surface area contributed by atoms with Crippen molar-refractivity contribution in [2.24, 2.45) is 5.92 Å². The fourth-order valence-electron chi connectivity index (χ4n) is 2.89. The Balaban J connectivity index is 2.04. The summed E-state index contributed by atoms with van der Waals surface area (Å²) in [5, 5.41) is 13.2. The molecule has 1 fully saturated rings. The summed E-state index contributed by atoms with van der Waals surface area (Å²) >= 11 is 6.45. The van der Waals surface area contributed by atoms with E-state index in [0.29, 0.717) is 5.92 Å². The van der Waals surface area contributed by atoms with Crippen molar-refractivity contribution in [3.63, 3.8) is 0 Å². The molecule has 1 saturated heterocycles. The van der Waals surface area contributed by atoms with Gasteiger partial charge in [-0.15, -0.1) is 0 Å². The van der Waals surface area contributed by atoms with Crippen molar-refractivity contribution in [2.45, 2.75) is 32.7 Å². The standard InChI is InChI=1S/C16H25ClN2O/c1-2-18-11-14-5-6-16(15(17)10-14)19-8-3-4-13(12-19)7-9-20/h5-6,10,13,18,20H,2-4,7-9,11-12H2,1H3. The van der Waals surface area contributed by atoms with Gasteiger partial charge in [0.15, 0.2) is 0 Å². The van der Waals surface area contributed by atoms with E-state index in [9.17, 15) is 0 Å². The van der Waals surface area contributed by atoms with E-state index in [-0.39, 0.29) is 6.61 Å². The molecule has 1 aliphatic heterocycles. The smallest absolute Gasteiger partial charge is 0.0642 e. The number of piperidine rings is 1. The Hall–Kier alpha value is -0.770. The number of nitrogens with one attached hydrogen (secondary N) is 1. The molecule has 2 rings (SSSR count). The molecule has 1 atom stereocenters. The van der Waals surface area contributed by atoms with Crippen LogP contribution in [0.2, 0.25) is 5.02 Å². The maximum atomic E-state index is 9.10. The molecular weight excluding hydrogens is 272 g/mol. The molecule has 1 heterocycles. The number of nitrogens with zero attached hydrogens (tertiary/aromatic N) is 1. The van der Waals surface area contributed by atoms with Crippen LogP contribution in [0.5, 0.6) is 0 Å². The zero-order valence-electron chi connectivity index (χ0n) is 12.2. The maximum absolute atomic E-state index is 9.10. The highest BCUT2D eigenvalue weighted by Gasteiger charge is 2.21. The molecule has 0 radical (unpaired) electrons. The maximum Gasteiger partial charge on any atom is 0.0642 e. The van der Waals surface area contributed by atoms with Crippen LogP contribution in [-0.4, -0.2) is 31.3 Å². The third kappa shape index (κ3) is 4.11. The van der Waals surface area contributed by atoms with Crippen LogP contribution in [0.1, 0.15) is 31.7 Å². The van der Waals surface area contributed by atoms with Gasteiger partial charge in [-0.2, -0.15) is 0 Å². The van der Waals surface area contributed by atoms with Crippen LogP contribution in [0.25, 0.3) is 0 Å². The summed E-state index contributed by atoms with van der Waals surface area (Å²) in [6.07, 6.45) is 3.29. The fraction of sp³-hybridized carbons (Fsp3) is 0.625. The first-order chi connectivity index (χ1) is 9.74. The van der Waals surface area contributed by atoms with Crippen LogP contribution in [0.15, 0.2) is 18.2 Å². The SMILES string of the molecule is CCNCc1ccc(N2CCCC(CCO)C2)c(Cl)c1. The van der Waals surface area contributed by atoms with Crippen molar-refractivity contribution in [3.05, 3.63) is 28.8 Å². The van der Waals surface area contributed by atoms with E-state index in [2.05, 4.69) is 35.3 Å². The number of hydrogen-bond donors (Lipinski definition) is 2. The van der Waals surface area contributed by atoms with Crippen molar-refractivity contribution in [2.75, 3.05) is 31.1 Å². The summed E-state index contributed by atoms with van der Waals surface area (Å²) in [6.45, 7) is 6.29. The van der Waals surface area contributed by atoms with E-state index >= 15 is 0 Å². The number of rotatable bonds is 6. The molecule has 3 nitrogen and oxygen atoms in total. The minimum absolute atomic E-state index is 0.286. The van der Waals surface area contributed by atoms with Crippen LogP contribution >= 0.6 is 11.6 Å². The van der Waals surface area contributed by atoms with E-state index in [1.165, 1.54) is 18.4 Å². The third-order valence-electron chi connectivity index (χ3n) is 3.99. The number of benzene rings is 1. The van der Waals surface area contributed by atoms with Crippen molar-refractivity contribution >= 4 is 17.3 Å². The fourth-order valence-corrected chi connectivity index (χ4v) is 3.21. The average Bonchev–Trinajstić information content (AvgIpc) is 2.46. The van der Waals surface area contributed by atoms with E-state index in [1.807, 2.05) is 0 Å². The third-order valence-corrected chi connectivity index (χ3v) is 4.29. The van der Waals surface area contributed by atoms with Gasteiger partial charge in [0.2, 0.25) is 0 Å². The average molecular weight is 297 g/mol. The number of anilines is 1. The monoisotopic (exact) mass is 296 g/mol. The predicted molar refractivity (Wildman–Crippen MR) is 85.5 cm³/mol. The lowest BCUT2D eigenvalue weighted by Crippen LogP contribution is -2.35. The molecule has 1 unspecified atom stereocenters. The number of aliphatic hydroxyl groups excluding tert-OH is 1. The van der Waals surface area contributed by atoms with Crippen LogP contribution < -0.4 is 10.2 Å². The number of hydrogen-bond acceptors (Lipinski definition) is 3. The van der Waals surface area contributed by atoms with Crippen molar-refractivity contribution in [1.82, 2.24) is 5.32 Å². The van der Waals surface area contributed by atoms with Crippen molar-refractivity contribution < 1.29 is 5.11 Å². The molecule has 0 bridgehead atoms. The Morgan fingerprint density at radius 1 is 1.45 bits per heavy atom. The summed E-state index contributed by atoms with van der Waals surface area (Å²) in [7, 11) is 0. The second-order valence-electron chi connectivity index (χ2n) is 5.53. The summed E-state index contributed by atoms with van der Waals surface area (Å²) in [5.41, 5.74) is 2.36. The van der Waals surface area contributed by atoms with Crippen molar-refractivity contribution in [3.8, 4) is 0 Å². The lowest BCUT2D eigenvalue weighted by Gasteiger charge is -2.35. The molecule has 0 spiro atoms. The number of aliphatic hydroxyl groups is 1. The Morgan fingerprint density at radius 3 is 3.00 bits per heavy atom. The first kappa shape index (κ1) is 15.6. The highest BCUT2D eigenvalue weighted by Crippen LogP contribution is 2.31. The predicted octanol–water partition coefficient (Wildman–Crippen LogP) is 3.05. The van der Waals surface area contributed by atoms with Gasteiger partial charge in [-0.25, -0.2) is 0 Å². The highest BCUT2D eigenvalue weighted by atomic mass is 35.5. The lowest BCUT2D eigenvalue weighted by atomic mass is 9.94. The van der Waals surface area contributed by atoms with Gasteiger partial charge in [-0.1, -0.05) is 24.6 Å². The molecule has 112 valence electrons. The van der Waals surface area contributed by atoms with Crippen LogP contribution in [-0.2, 0) is 6.54 Å². The molecular formula is C16H25ClN2O. The van der Waals surface area contributed by atoms with Gasteiger partial charge in [0.1, 0.15) is 0 Å². The molecule has 1 aromatic carbocycles. The van der Waals surface area contributed by atoms with Gasteiger partial charge >= 0.3 is 0 Å². The van der Waals surface area contributed by atoms with Gasteiger partial charge in [0.25, 0.3) is 0 Å². The van der Waals surface area contributed by atoms with Gasteiger partial charge < -0.3 is 15.3 Å². The van der Waals surface area contributed by atoms with Crippen LogP contribution in [0.3, 0.4) is 0 Å². The molecule has 4 heteroatoms. The minimum Gasteiger partial charge on any atom is -0.396 e. The summed E-state index contributed by atoms with van der Waals surface area (Å²) in [6, 6.07) is 6.35. The first-order valence-electron chi connectivity index (χ1n) is 7.59. The normalized spacial score (nSPS) is 19.4. The second-order valence-corrected chi connectivity index (χ2v) is 5.94. The molecule has 0 saturated carbocycles. The quantitative estimate of drug-likeness (QED) is 0.847. The van der Waals surface area contributed by atoms with E-state index in [1.54, 1.807) is 0 Å². The Morgan fingerprint density at radius 2 is 2.30 bits per heavy atom.